The van der Waals surface area contributed by atoms with E-state index in [9.17, 15) is 23.2 Å². The SMILES string of the molecule is COC(=O)C1CC(F)(F)CCC1C(=O)C(N=[N+]=[N-])c1ccc(C(=O)N2CCOCC2)cc1. The second-order valence-electron chi connectivity index (χ2n) is 7.87. The molecule has 1 amide bonds. The lowest BCUT2D eigenvalue weighted by Crippen LogP contribution is -2.42. The number of methoxy groups -OCH3 is 1. The molecular weight excluding hydrogens is 426 g/mol. The predicted molar refractivity (Wildman–Crippen MR) is 108 cm³/mol. The van der Waals surface area contributed by atoms with E-state index in [4.69, 9.17) is 10.3 Å². The Morgan fingerprint density at radius 3 is 2.47 bits per heavy atom. The Morgan fingerprint density at radius 2 is 1.88 bits per heavy atom. The van der Waals surface area contributed by atoms with Crippen LogP contribution in [0, 0.1) is 11.8 Å². The largest absolute Gasteiger partial charge is 0.469 e. The first-order valence-electron chi connectivity index (χ1n) is 10.3. The molecule has 0 radical (unpaired) electrons. The van der Waals surface area contributed by atoms with Crippen LogP contribution >= 0.6 is 0 Å². The summed E-state index contributed by atoms with van der Waals surface area (Å²) in [6.45, 7) is 1.86. The molecule has 32 heavy (non-hydrogen) atoms. The lowest BCUT2D eigenvalue weighted by molar-refractivity contribution is -0.160. The number of benzene rings is 1. The third-order valence-corrected chi connectivity index (χ3v) is 5.90. The predicted octanol–water partition coefficient (Wildman–Crippen LogP) is 3.30. The fourth-order valence-corrected chi connectivity index (χ4v) is 4.17. The Kier molecular flexibility index (Phi) is 7.42. The summed E-state index contributed by atoms with van der Waals surface area (Å²) < 4.78 is 37.6. The number of ether oxygens (including phenoxy) is 2. The van der Waals surface area contributed by atoms with Gasteiger partial charge in [0.05, 0.1) is 26.2 Å². The number of hydrogen-bond acceptors (Lipinski definition) is 6. The number of ketones is 1. The monoisotopic (exact) mass is 450 g/mol. The molecule has 1 aromatic rings. The first-order chi connectivity index (χ1) is 15.3. The number of halogens is 2. The van der Waals surface area contributed by atoms with Crippen molar-refractivity contribution in [3.05, 3.63) is 45.8 Å². The van der Waals surface area contributed by atoms with Gasteiger partial charge in [0.2, 0.25) is 5.92 Å². The zero-order chi connectivity index (χ0) is 23.3. The summed E-state index contributed by atoms with van der Waals surface area (Å²) in [4.78, 5) is 42.3. The number of carbonyl (C=O) groups is 3. The first kappa shape index (κ1) is 23.6. The third kappa shape index (κ3) is 5.23. The maximum atomic E-state index is 13.9. The van der Waals surface area contributed by atoms with E-state index >= 15 is 0 Å². The molecule has 1 aliphatic heterocycles. The normalized spacial score (nSPS) is 23.5. The van der Waals surface area contributed by atoms with E-state index in [0.29, 0.717) is 37.4 Å². The highest BCUT2D eigenvalue weighted by Crippen LogP contribution is 2.43. The highest BCUT2D eigenvalue weighted by molar-refractivity contribution is 5.95. The summed E-state index contributed by atoms with van der Waals surface area (Å²) >= 11 is 0. The minimum absolute atomic E-state index is 0.188. The highest BCUT2D eigenvalue weighted by atomic mass is 19.3. The van der Waals surface area contributed by atoms with Crippen molar-refractivity contribution in [2.45, 2.75) is 31.2 Å². The average molecular weight is 450 g/mol. The van der Waals surface area contributed by atoms with E-state index < -0.39 is 48.4 Å². The Morgan fingerprint density at radius 1 is 1.22 bits per heavy atom. The van der Waals surface area contributed by atoms with Crippen molar-refractivity contribution < 1.29 is 32.6 Å². The van der Waals surface area contributed by atoms with Gasteiger partial charge in [-0.1, -0.05) is 17.2 Å². The maximum absolute atomic E-state index is 13.9. The summed E-state index contributed by atoms with van der Waals surface area (Å²) in [5.41, 5.74) is 9.69. The van der Waals surface area contributed by atoms with Crippen LogP contribution in [-0.4, -0.2) is 61.9 Å². The van der Waals surface area contributed by atoms with Crippen molar-refractivity contribution in [3.63, 3.8) is 0 Å². The molecule has 3 rings (SSSR count). The van der Waals surface area contributed by atoms with Crippen LogP contribution in [0.2, 0.25) is 0 Å². The molecular formula is C21H24F2N4O5. The fourth-order valence-electron chi connectivity index (χ4n) is 4.17. The van der Waals surface area contributed by atoms with Crippen LogP contribution in [0.3, 0.4) is 0 Å². The summed E-state index contributed by atoms with van der Waals surface area (Å²) in [6.07, 6.45) is -1.57. The number of carbonyl (C=O) groups excluding carboxylic acids is 3. The molecule has 1 heterocycles. The highest BCUT2D eigenvalue weighted by Gasteiger charge is 2.48. The lowest BCUT2D eigenvalue weighted by Gasteiger charge is -2.34. The van der Waals surface area contributed by atoms with Gasteiger partial charge in [0.25, 0.3) is 5.91 Å². The Hall–Kier alpha value is -3.04. The van der Waals surface area contributed by atoms with Gasteiger partial charge in [0, 0.05) is 42.3 Å². The van der Waals surface area contributed by atoms with Gasteiger partial charge in [0.15, 0.2) is 0 Å². The Bertz CT molecular complexity index is 911. The Labute approximate surface area is 183 Å². The zero-order valence-corrected chi connectivity index (χ0v) is 17.6. The quantitative estimate of drug-likeness (QED) is 0.285. The molecule has 1 saturated heterocycles. The van der Waals surface area contributed by atoms with Crippen molar-refractivity contribution in [3.8, 4) is 0 Å². The molecule has 3 atom stereocenters. The fraction of sp³-hybridized carbons (Fsp3) is 0.571. The van der Waals surface area contributed by atoms with E-state index in [1.54, 1.807) is 4.90 Å². The van der Waals surface area contributed by atoms with Crippen molar-refractivity contribution in [2.75, 3.05) is 33.4 Å². The zero-order valence-electron chi connectivity index (χ0n) is 17.6. The van der Waals surface area contributed by atoms with Gasteiger partial charge >= 0.3 is 5.97 Å². The summed E-state index contributed by atoms with van der Waals surface area (Å²) in [5.74, 6) is -7.17. The van der Waals surface area contributed by atoms with Gasteiger partial charge in [-0.25, -0.2) is 8.78 Å². The number of rotatable bonds is 6. The minimum atomic E-state index is -3.08. The molecule has 0 N–H and O–H groups in total. The summed E-state index contributed by atoms with van der Waals surface area (Å²) in [6, 6.07) is 4.72. The number of hydrogen-bond donors (Lipinski definition) is 0. The van der Waals surface area contributed by atoms with Crippen LogP contribution < -0.4 is 0 Å². The van der Waals surface area contributed by atoms with E-state index in [-0.39, 0.29) is 12.3 Å². The molecule has 2 aliphatic rings. The van der Waals surface area contributed by atoms with Crippen molar-refractivity contribution in [1.29, 1.82) is 0 Å². The average Bonchev–Trinajstić information content (AvgIpc) is 2.81. The van der Waals surface area contributed by atoms with Crippen LogP contribution in [0.15, 0.2) is 29.4 Å². The molecule has 11 heteroatoms. The Balaban J connectivity index is 1.82. The number of morpholine rings is 1. The molecule has 2 fully saturated rings. The van der Waals surface area contributed by atoms with Crippen LogP contribution in [0.25, 0.3) is 10.4 Å². The molecule has 1 aromatic carbocycles. The summed E-state index contributed by atoms with van der Waals surface area (Å²) in [7, 11) is 1.08. The molecule has 172 valence electrons. The van der Waals surface area contributed by atoms with Crippen molar-refractivity contribution >= 4 is 17.7 Å². The number of amides is 1. The minimum Gasteiger partial charge on any atom is -0.469 e. The van der Waals surface area contributed by atoms with Crippen molar-refractivity contribution in [2.24, 2.45) is 17.0 Å². The first-order valence-corrected chi connectivity index (χ1v) is 10.3. The number of azide groups is 1. The molecule has 1 aliphatic carbocycles. The van der Waals surface area contributed by atoms with Crippen LogP contribution in [0.1, 0.15) is 41.2 Å². The molecule has 3 unspecified atom stereocenters. The maximum Gasteiger partial charge on any atom is 0.309 e. The molecule has 0 spiro atoms. The molecule has 0 bridgehead atoms. The third-order valence-electron chi connectivity index (χ3n) is 5.90. The number of Topliss-reactive ketones (excluding diaryl/α,β-unsaturated/α-hetero) is 1. The number of alkyl halides is 2. The number of nitrogens with zero attached hydrogens (tertiary/aromatic N) is 4. The van der Waals surface area contributed by atoms with Gasteiger partial charge in [-0.2, -0.15) is 0 Å². The van der Waals surface area contributed by atoms with Gasteiger partial charge in [-0.3, -0.25) is 14.4 Å². The second kappa shape index (κ2) is 10.1. The smallest absolute Gasteiger partial charge is 0.309 e. The second-order valence-corrected chi connectivity index (χ2v) is 7.87. The lowest BCUT2D eigenvalue weighted by atomic mass is 9.73. The van der Waals surface area contributed by atoms with Gasteiger partial charge < -0.3 is 14.4 Å². The molecule has 1 saturated carbocycles. The van der Waals surface area contributed by atoms with Gasteiger partial charge in [-0.05, 0) is 29.6 Å². The number of esters is 1. The summed E-state index contributed by atoms with van der Waals surface area (Å²) in [5, 5.41) is 3.57. The van der Waals surface area contributed by atoms with Gasteiger partial charge in [-0.15, -0.1) is 0 Å². The topological polar surface area (TPSA) is 122 Å². The van der Waals surface area contributed by atoms with E-state index in [1.165, 1.54) is 24.3 Å². The van der Waals surface area contributed by atoms with Crippen LogP contribution in [-0.2, 0) is 19.1 Å². The van der Waals surface area contributed by atoms with E-state index in [0.717, 1.165) is 7.11 Å². The van der Waals surface area contributed by atoms with E-state index in [1.807, 2.05) is 0 Å². The van der Waals surface area contributed by atoms with Gasteiger partial charge in [0.1, 0.15) is 11.8 Å². The van der Waals surface area contributed by atoms with Crippen LogP contribution in [0.5, 0.6) is 0 Å². The standard InChI is InChI=1S/C21H24F2N4O5/c1-31-20(30)16-12-21(22,23)7-6-15(16)18(28)17(25-26-24)13-2-4-14(5-3-13)19(29)27-8-10-32-11-9-27/h2-5,15-17H,6-12H2,1H3. The van der Waals surface area contributed by atoms with Crippen LogP contribution in [0.4, 0.5) is 8.78 Å². The van der Waals surface area contributed by atoms with E-state index in [2.05, 4.69) is 14.8 Å². The van der Waals surface area contributed by atoms with Crippen molar-refractivity contribution in [1.82, 2.24) is 4.90 Å². The molecule has 0 aromatic heterocycles. The molecule has 9 nitrogen and oxygen atoms in total.